The predicted octanol–water partition coefficient (Wildman–Crippen LogP) is 5.56. The van der Waals surface area contributed by atoms with Gasteiger partial charge in [-0.1, -0.05) is 30.3 Å². The van der Waals surface area contributed by atoms with Gasteiger partial charge in [0.25, 0.3) is 0 Å². The fourth-order valence-electron chi connectivity index (χ4n) is 5.20. The summed E-state index contributed by atoms with van der Waals surface area (Å²) in [5.74, 6) is 0.500. The number of ether oxygens (including phenoxy) is 1. The number of pyridine rings is 1. The summed E-state index contributed by atoms with van der Waals surface area (Å²) in [5, 5.41) is 1.17. The summed E-state index contributed by atoms with van der Waals surface area (Å²) in [6.07, 6.45) is 7.87. The Morgan fingerprint density at radius 3 is 2.59 bits per heavy atom. The second-order valence-electron chi connectivity index (χ2n) is 8.88. The van der Waals surface area contributed by atoms with Gasteiger partial charge in [-0.15, -0.1) is 0 Å². The van der Waals surface area contributed by atoms with Crippen molar-refractivity contribution in [3.05, 3.63) is 66.0 Å². The summed E-state index contributed by atoms with van der Waals surface area (Å²) >= 11 is 0. The zero-order valence-electron chi connectivity index (χ0n) is 17.0. The molecule has 5 nitrogen and oxygen atoms in total. The molecule has 0 radical (unpaired) electrons. The molecule has 2 aromatic heterocycles. The van der Waals surface area contributed by atoms with E-state index in [0.29, 0.717) is 5.92 Å². The van der Waals surface area contributed by atoms with Crippen LogP contribution in [0.15, 0.2) is 54.9 Å². The summed E-state index contributed by atoms with van der Waals surface area (Å²) < 4.78 is 5.81. The normalized spacial score (nSPS) is 26.6. The lowest BCUT2D eigenvalue weighted by Crippen LogP contribution is -2.42. The molecule has 5 rings (SSSR count). The number of carbonyl (C=O) groups is 1. The van der Waals surface area contributed by atoms with Gasteiger partial charge in [-0.05, 0) is 68.7 Å². The van der Waals surface area contributed by atoms with Gasteiger partial charge in [0.05, 0.1) is 6.04 Å². The summed E-state index contributed by atoms with van der Waals surface area (Å²) in [4.78, 5) is 22.6. The quantitative estimate of drug-likeness (QED) is 0.638. The first-order valence-corrected chi connectivity index (χ1v) is 10.5. The van der Waals surface area contributed by atoms with E-state index in [1.165, 1.54) is 10.9 Å². The van der Waals surface area contributed by atoms with Gasteiger partial charge < -0.3 is 9.72 Å². The largest absolute Gasteiger partial charge is 0.441 e. The molecule has 3 aromatic rings. The van der Waals surface area contributed by atoms with E-state index < -0.39 is 5.60 Å². The summed E-state index contributed by atoms with van der Waals surface area (Å²) in [6, 6.07) is 14.8. The van der Waals surface area contributed by atoms with E-state index in [-0.39, 0.29) is 18.2 Å². The molecule has 2 aliphatic rings. The van der Waals surface area contributed by atoms with Crippen LogP contribution in [0.4, 0.5) is 4.79 Å². The molecule has 29 heavy (non-hydrogen) atoms. The van der Waals surface area contributed by atoms with Crippen molar-refractivity contribution < 1.29 is 9.53 Å². The predicted molar refractivity (Wildman–Crippen MR) is 113 cm³/mol. The van der Waals surface area contributed by atoms with Crippen LogP contribution in [0.3, 0.4) is 0 Å². The highest BCUT2D eigenvalue weighted by atomic mass is 16.6. The Kier molecular flexibility index (Phi) is 4.34. The van der Waals surface area contributed by atoms with Crippen LogP contribution in [0, 0.1) is 0 Å². The lowest BCUT2D eigenvalue weighted by molar-refractivity contribution is 0.0664. The average molecular weight is 389 g/mol. The fourth-order valence-corrected chi connectivity index (χ4v) is 5.20. The number of benzene rings is 1. The van der Waals surface area contributed by atoms with Crippen molar-refractivity contribution in [3.63, 3.8) is 0 Å². The molecule has 1 saturated heterocycles. The minimum atomic E-state index is -0.529. The van der Waals surface area contributed by atoms with Crippen molar-refractivity contribution in [1.82, 2.24) is 14.9 Å². The van der Waals surface area contributed by atoms with E-state index >= 15 is 0 Å². The van der Waals surface area contributed by atoms with Crippen molar-refractivity contribution in [2.75, 3.05) is 0 Å². The van der Waals surface area contributed by atoms with Crippen molar-refractivity contribution in [1.29, 1.82) is 0 Å². The van der Waals surface area contributed by atoms with Crippen LogP contribution in [-0.4, -0.2) is 32.6 Å². The number of fused-ring (bicyclic) bond motifs is 1. The number of rotatable bonds is 3. The maximum atomic E-state index is 12.8. The Hall–Kier alpha value is -2.82. The van der Waals surface area contributed by atoms with Crippen LogP contribution in [0.2, 0.25) is 0 Å². The molecular weight excluding hydrogens is 362 g/mol. The van der Waals surface area contributed by atoms with Crippen LogP contribution < -0.4 is 0 Å². The minimum absolute atomic E-state index is 0.0457. The first-order valence-electron chi connectivity index (χ1n) is 10.5. The average Bonchev–Trinajstić information content (AvgIpc) is 3.29. The molecule has 1 aromatic carbocycles. The molecule has 1 saturated carbocycles. The number of amides is 1. The molecule has 1 N–H and O–H groups in total. The number of nitrogens with zero attached hydrogens (tertiary/aromatic N) is 2. The van der Waals surface area contributed by atoms with E-state index in [4.69, 9.17) is 4.74 Å². The van der Waals surface area contributed by atoms with Gasteiger partial charge in [0.15, 0.2) is 0 Å². The lowest BCUT2D eigenvalue weighted by atomic mass is 9.80. The van der Waals surface area contributed by atoms with Gasteiger partial charge in [0.1, 0.15) is 11.2 Å². The van der Waals surface area contributed by atoms with Gasteiger partial charge in [0.2, 0.25) is 0 Å². The van der Waals surface area contributed by atoms with Crippen molar-refractivity contribution in [2.24, 2.45) is 0 Å². The molecule has 150 valence electrons. The molecule has 1 amide bonds. The van der Waals surface area contributed by atoms with Gasteiger partial charge in [0, 0.05) is 23.8 Å². The molecule has 1 unspecified atom stereocenters. The third-order valence-corrected chi connectivity index (χ3v) is 6.60. The number of aromatic amines is 1. The molecule has 3 heterocycles. The SMILES string of the molecule is CC1(C)OC(=O)N(C2CCC(c3cnc4[nH]ccc4c3)CC2)C1c1ccccc1. The van der Waals surface area contributed by atoms with Gasteiger partial charge in [-0.25, -0.2) is 9.78 Å². The molecule has 1 aliphatic heterocycles. The van der Waals surface area contributed by atoms with Gasteiger partial charge >= 0.3 is 6.09 Å². The van der Waals surface area contributed by atoms with Crippen molar-refractivity contribution >= 4 is 17.1 Å². The van der Waals surface area contributed by atoms with E-state index in [1.807, 2.05) is 49.3 Å². The molecule has 5 heteroatoms. The Balaban J connectivity index is 1.35. The molecule has 0 spiro atoms. The Morgan fingerprint density at radius 1 is 1.07 bits per heavy atom. The number of carbonyl (C=O) groups excluding carboxylic acids is 1. The van der Waals surface area contributed by atoms with Crippen LogP contribution in [0.25, 0.3) is 11.0 Å². The second-order valence-corrected chi connectivity index (χ2v) is 8.88. The van der Waals surface area contributed by atoms with Crippen LogP contribution in [-0.2, 0) is 4.74 Å². The van der Waals surface area contributed by atoms with E-state index in [1.54, 1.807) is 0 Å². The Bertz CT molecular complexity index is 1020. The lowest BCUT2D eigenvalue weighted by Gasteiger charge is -2.38. The zero-order chi connectivity index (χ0) is 20.0. The molecule has 1 atom stereocenters. The van der Waals surface area contributed by atoms with Crippen LogP contribution in [0.1, 0.15) is 62.6 Å². The zero-order valence-corrected chi connectivity index (χ0v) is 17.0. The van der Waals surface area contributed by atoms with E-state index in [2.05, 4.69) is 34.2 Å². The highest BCUT2D eigenvalue weighted by Gasteiger charge is 2.51. The topological polar surface area (TPSA) is 58.2 Å². The minimum Gasteiger partial charge on any atom is -0.441 e. The van der Waals surface area contributed by atoms with Crippen LogP contribution >= 0.6 is 0 Å². The third kappa shape index (κ3) is 3.18. The number of hydrogen-bond acceptors (Lipinski definition) is 3. The first kappa shape index (κ1) is 18.2. The standard InChI is InChI=1S/C24H27N3O2/c1-24(2)21(17-6-4-3-5-7-17)27(23(28)29-24)20-10-8-16(9-11-20)19-14-18-12-13-25-22(18)26-15-19/h3-7,12-16,20-21H,8-11H2,1-2H3,(H,25,26). The molecule has 2 fully saturated rings. The maximum absolute atomic E-state index is 12.8. The van der Waals surface area contributed by atoms with Gasteiger partial charge in [-0.2, -0.15) is 0 Å². The summed E-state index contributed by atoms with van der Waals surface area (Å²) in [7, 11) is 0. The molecular formula is C24H27N3O2. The second kappa shape index (κ2) is 6.90. The number of hydrogen-bond donors (Lipinski definition) is 1. The van der Waals surface area contributed by atoms with Crippen molar-refractivity contribution in [2.45, 2.75) is 63.1 Å². The first-order chi connectivity index (χ1) is 14.0. The number of cyclic esters (lactones) is 1. The van der Waals surface area contributed by atoms with Crippen molar-refractivity contribution in [3.8, 4) is 0 Å². The fraction of sp³-hybridized carbons (Fsp3) is 0.417. The van der Waals surface area contributed by atoms with E-state index in [0.717, 1.165) is 36.9 Å². The van der Waals surface area contributed by atoms with Crippen LogP contribution in [0.5, 0.6) is 0 Å². The monoisotopic (exact) mass is 389 g/mol. The number of nitrogens with one attached hydrogen (secondary N) is 1. The molecule has 0 bridgehead atoms. The maximum Gasteiger partial charge on any atom is 0.411 e. The molecule has 1 aliphatic carbocycles. The Morgan fingerprint density at radius 2 is 1.83 bits per heavy atom. The highest BCUT2D eigenvalue weighted by molar-refractivity contribution is 5.76. The Labute approximate surface area is 171 Å². The third-order valence-electron chi connectivity index (χ3n) is 6.60. The highest BCUT2D eigenvalue weighted by Crippen LogP contribution is 2.46. The number of H-pyrrole nitrogens is 1. The smallest absolute Gasteiger partial charge is 0.411 e. The summed E-state index contributed by atoms with van der Waals surface area (Å²) in [6.45, 7) is 4.04. The van der Waals surface area contributed by atoms with E-state index in [9.17, 15) is 4.79 Å². The number of aromatic nitrogens is 2. The summed E-state index contributed by atoms with van der Waals surface area (Å²) in [5.41, 5.74) is 2.86. The van der Waals surface area contributed by atoms with Gasteiger partial charge in [-0.3, -0.25) is 4.90 Å².